The quantitative estimate of drug-likeness (QED) is 0.821. The van der Waals surface area contributed by atoms with E-state index in [0.717, 1.165) is 12.8 Å². The molecule has 20 heavy (non-hydrogen) atoms. The highest BCUT2D eigenvalue weighted by atomic mass is 35.5. The summed E-state index contributed by atoms with van der Waals surface area (Å²) in [6, 6.07) is -0.000232. The molecule has 0 spiro atoms. The lowest BCUT2D eigenvalue weighted by atomic mass is 10.3. The second-order valence-corrected chi connectivity index (χ2v) is 5.80. The maximum absolute atomic E-state index is 12.0. The van der Waals surface area contributed by atoms with Gasteiger partial charge in [0.05, 0.1) is 30.6 Å². The Labute approximate surface area is 124 Å². The van der Waals surface area contributed by atoms with Gasteiger partial charge in [-0.2, -0.15) is 5.10 Å². The number of hydrogen-bond acceptors (Lipinski definition) is 4. The number of nitrogens with one attached hydrogen (secondary N) is 1. The predicted molar refractivity (Wildman–Crippen MR) is 80.6 cm³/mol. The molecule has 1 heterocycles. The number of hydrogen-bond donors (Lipinski definition) is 1. The zero-order valence-electron chi connectivity index (χ0n) is 12.1. The second-order valence-electron chi connectivity index (χ2n) is 5.42. The number of anilines is 1. The van der Waals surface area contributed by atoms with Crippen LogP contribution in [-0.2, 0) is 4.74 Å². The zero-order chi connectivity index (χ0) is 14.5. The van der Waals surface area contributed by atoms with Gasteiger partial charge in [0, 0.05) is 6.54 Å². The molecule has 0 atom stereocenters. The summed E-state index contributed by atoms with van der Waals surface area (Å²) < 4.78 is 7.12. The molecule has 0 radical (unpaired) electrons. The highest BCUT2D eigenvalue weighted by Gasteiger charge is 2.15. The topological polar surface area (TPSA) is 56.1 Å². The van der Waals surface area contributed by atoms with E-state index in [-0.39, 0.29) is 16.6 Å². The van der Waals surface area contributed by atoms with Crippen molar-refractivity contribution < 1.29 is 4.74 Å². The van der Waals surface area contributed by atoms with Crippen LogP contribution in [0, 0.1) is 0 Å². The van der Waals surface area contributed by atoms with Crippen molar-refractivity contribution in [2.24, 2.45) is 0 Å². The van der Waals surface area contributed by atoms with Crippen molar-refractivity contribution in [1.82, 2.24) is 9.78 Å². The fourth-order valence-electron chi connectivity index (χ4n) is 2.40. The Morgan fingerprint density at radius 2 is 2.20 bits per heavy atom. The van der Waals surface area contributed by atoms with Crippen LogP contribution >= 0.6 is 11.6 Å². The molecule has 1 fully saturated rings. The van der Waals surface area contributed by atoms with Gasteiger partial charge in [-0.05, 0) is 26.7 Å². The van der Waals surface area contributed by atoms with Gasteiger partial charge in [0.25, 0.3) is 5.56 Å². The molecule has 112 valence electrons. The maximum Gasteiger partial charge on any atom is 0.287 e. The van der Waals surface area contributed by atoms with Crippen molar-refractivity contribution in [1.29, 1.82) is 0 Å². The lowest BCUT2D eigenvalue weighted by Crippen LogP contribution is -2.26. The van der Waals surface area contributed by atoms with Crippen LogP contribution in [0.1, 0.15) is 45.6 Å². The van der Waals surface area contributed by atoms with Crippen LogP contribution in [0.3, 0.4) is 0 Å². The Hall–Kier alpha value is -1.07. The third kappa shape index (κ3) is 3.73. The summed E-state index contributed by atoms with van der Waals surface area (Å²) in [5, 5.41) is 7.41. The van der Waals surface area contributed by atoms with Gasteiger partial charge >= 0.3 is 0 Å². The maximum atomic E-state index is 12.0. The molecule has 0 unspecified atom stereocenters. The Kier molecular flexibility index (Phi) is 5.43. The molecule has 5 nitrogen and oxygen atoms in total. The van der Waals surface area contributed by atoms with Gasteiger partial charge in [0.15, 0.2) is 0 Å². The number of rotatable bonds is 6. The molecular weight excluding hydrogens is 278 g/mol. The number of halogens is 1. The first-order valence-corrected chi connectivity index (χ1v) is 7.60. The molecule has 0 bridgehead atoms. The normalized spacial score (nSPS) is 16.0. The summed E-state index contributed by atoms with van der Waals surface area (Å²) in [7, 11) is 0. The van der Waals surface area contributed by atoms with Crippen molar-refractivity contribution in [2.45, 2.75) is 51.7 Å². The molecule has 6 heteroatoms. The van der Waals surface area contributed by atoms with Crippen molar-refractivity contribution in [3.8, 4) is 0 Å². The number of aromatic nitrogens is 2. The van der Waals surface area contributed by atoms with E-state index in [2.05, 4.69) is 10.4 Å². The minimum atomic E-state index is -0.261. The van der Waals surface area contributed by atoms with Gasteiger partial charge in [0.2, 0.25) is 0 Å². The van der Waals surface area contributed by atoms with Crippen LogP contribution in [0.5, 0.6) is 0 Å². The van der Waals surface area contributed by atoms with Crippen LogP contribution in [0.4, 0.5) is 5.69 Å². The molecule has 2 rings (SSSR count). The molecule has 1 aromatic heterocycles. The predicted octanol–water partition coefficient (Wildman–Crippen LogP) is 2.85. The molecule has 0 saturated heterocycles. The lowest BCUT2D eigenvalue weighted by Gasteiger charge is -2.14. The zero-order valence-corrected chi connectivity index (χ0v) is 12.8. The minimum absolute atomic E-state index is 0.000232. The fraction of sp³-hybridized carbons (Fsp3) is 0.714. The van der Waals surface area contributed by atoms with Gasteiger partial charge in [0.1, 0.15) is 5.02 Å². The number of nitrogens with zero attached hydrogens (tertiary/aromatic N) is 2. The monoisotopic (exact) mass is 299 g/mol. The van der Waals surface area contributed by atoms with Gasteiger partial charge in [-0.1, -0.05) is 24.4 Å². The molecule has 1 aromatic rings. The van der Waals surface area contributed by atoms with E-state index in [1.807, 2.05) is 13.8 Å². The lowest BCUT2D eigenvalue weighted by molar-refractivity contribution is 0.0659. The summed E-state index contributed by atoms with van der Waals surface area (Å²) in [6.45, 7) is 5.04. The van der Waals surface area contributed by atoms with Crippen LogP contribution in [-0.4, -0.2) is 29.0 Å². The van der Waals surface area contributed by atoms with Gasteiger partial charge in [-0.25, -0.2) is 4.68 Å². The molecular formula is C14H22ClN3O2. The van der Waals surface area contributed by atoms with Crippen molar-refractivity contribution in [3.63, 3.8) is 0 Å². The summed E-state index contributed by atoms with van der Waals surface area (Å²) in [6.07, 6.45) is 6.85. The summed E-state index contributed by atoms with van der Waals surface area (Å²) in [4.78, 5) is 12.0. The Morgan fingerprint density at radius 3 is 2.85 bits per heavy atom. The van der Waals surface area contributed by atoms with E-state index in [4.69, 9.17) is 16.3 Å². The Morgan fingerprint density at radius 1 is 1.50 bits per heavy atom. The highest BCUT2D eigenvalue weighted by molar-refractivity contribution is 6.32. The van der Waals surface area contributed by atoms with E-state index in [0.29, 0.717) is 24.9 Å². The standard InChI is InChI=1S/C14H22ClN3O2/c1-10(2)18-14(19)13(15)12(9-17-18)16-7-8-20-11-5-3-4-6-11/h9-11,16H,3-8H2,1-2H3. The first-order valence-electron chi connectivity index (χ1n) is 7.22. The third-order valence-electron chi connectivity index (χ3n) is 3.51. The minimum Gasteiger partial charge on any atom is -0.380 e. The average Bonchev–Trinajstić information content (AvgIpc) is 2.92. The van der Waals surface area contributed by atoms with Crippen LogP contribution < -0.4 is 10.9 Å². The SMILES string of the molecule is CC(C)n1ncc(NCCOC2CCCC2)c(Cl)c1=O. The first kappa shape index (κ1) is 15.3. The van der Waals surface area contributed by atoms with Crippen molar-refractivity contribution in [3.05, 3.63) is 21.6 Å². The summed E-state index contributed by atoms with van der Waals surface area (Å²) in [5.74, 6) is 0. The molecule has 1 aliphatic rings. The molecule has 0 amide bonds. The van der Waals surface area contributed by atoms with E-state index in [9.17, 15) is 4.79 Å². The van der Waals surface area contributed by atoms with E-state index in [1.54, 1.807) is 6.20 Å². The van der Waals surface area contributed by atoms with Gasteiger partial charge < -0.3 is 10.1 Å². The molecule has 1 saturated carbocycles. The largest absolute Gasteiger partial charge is 0.380 e. The number of ether oxygens (including phenoxy) is 1. The molecule has 0 aliphatic heterocycles. The van der Waals surface area contributed by atoms with Crippen LogP contribution in [0.15, 0.2) is 11.0 Å². The van der Waals surface area contributed by atoms with Crippen LogP contribution in [0.25, 0.3) is 0 Å². The summed E-state index contributed by atoms with van der Waals surface area (Å²) >= 11 is 6.07. The Bertz CT molecular complexity index is 496. The van der Waals surface area contributed by atoms with Crippen LogP contribution in [0.2, 0.25) is 5.02 Å². The average molecular weight is 300 g/mol. The Balaban J connectivity index is 1.86. The van der Waals surface area contributed by atoms with Gasteiger partial charge in [-0.15, -0.1) is 0 Å². The van der Waals surface area contributed by atoms with Crippen molar-refractivity contribution >= 4 is 17.3 Å². The molecule has 1 N–H and O–H groups in total. The smallest absolute Gasteiger partial charge is 0.287 e. The van der Waals surface area contributed by atoms with Crippen molar-refractivity contribution in [2.75, 3.05) is 18.5 Å². The first-order chi connectivity index (χ1) is 9.59. The van der Waals surface area contributed by atoms with E-state index >= 15 is 0 Å². The summed E-state index contributed by atoms with van der Waals surface area (Å²) in [5.41, 5.74) is 0.312. The second kappa shape index (κ2) is 7.09. The van der Waals surface area contributed by atoms with E-state index < -0.39 is 0 Å². The highest BCUT2D eigenvalue weighted by Crippen LogP contribution is 2.21. The van der Waals surface area contributed by atoms with Gasteiger partial charge in [-0.3, -0.25) is 4.79 Å². The fourth-order valence-corrected chi connectivity index (χ4v) is 2.60. The molecule has 1 aliphatic carbocycles. The molecule has 0 aromatic carbocycles. The van der Waals surface area contributed by atoms with E-state index in [1.165, 1.54) is 17.5 Å². The third-order valence-corrected chi connectivity index (χ3v) is 3.87.